The number of hydrogen-bond donors (Lipinski definition) is 0. The predicted octanol–water partition coefficient (Wildman–Crippen LogP) is 1.62. The molecule has 1 aromatic heterocycles. The normalized spacial score (nSPS) is 9.40. The molecule has 0 unspecified atom stereocenters. The van der Waals surface area contributed by atoms with E-state index >= 15 is 0 Å². The fraction of sp³-hybridized carbons (Fsp3) is 0. The average molecular weight is 221 g/mol. The molecule has 0 aliphatic heterocycles. The van der Waals surface area contributed by atoms with Crippen LogP contribution in [0, 0.1) is 0 Å². The van der Waals surface area contributed by atoms with E-state index in [0.29, 0.717) is 4.60 Å². The summed E-state index contributed by atoms with van der Waals surface area (Å²) in [5, 5.41) is -0.597. The minimum Gasteiger partial charge on any atom is -0.274 e. The Kier molecular flexibility index (Phi) is 2.34. The highest BCUT2D eigenvalue weighted by atomic mass is 79.9. The lowest BCUT2D eigenvalue weighted by molar-refractivity contribution is 0.107. The van der Waals surface area contributed by atoms with Gasteiger partial charge in [0.25, 0.3) is 5.24 Å². The van der Waals surface area contributed by atoms with Crippen molar-refractivity contribution in [2.75, 3.05) is 0 Å². The standard InChI is InChI=1S/C5H2BrClN2O/c6-4-2-8-3(1-9-4)5(7)10/h1-2H. The summed E-state index contributed by atoms with van der Waals surface area (Å²) in [6.07, 6.45) is 2.72. The van der Waals surface area contributed by atoms with Crippen LogP contribution in [0.1, 0.15) is 10.5 Å². The molecule has 0 aliphatic carbocycles. The maximum Gasteiger partial charge on any atom is 0.272 e. The van der Waals surface area contributed by atoms with E-state index < -0.39 is 5.24 Å². The first-order valence-electron chi connectivity index (χ1n) is 2.37. The molecule has 5 heteroatoms. The highest BCUT2D eigenvalue weighted by Gasteiger charge is 2.01. The van der Waals surface area contributed by atoms with Crippen LogP contribution in [0.5, 0.6) is 0 Å². The second-order valence-electron chi connectivity index (χ2n) is 1.50. The monoisotopic (exact) mass is 220 g/mol. The predicted molar refractivity (Wildman–Crippen MR) is 39.9 cm³/mol. The smallest absolute Gasteiger partial charge is 0.272 e. The van der Waals surface area contributed by atoms with Crippen LogP contribution in [-0.2, 0) is 0 Å². The summed E-state index contributed by atoms with van der Waals surface area (Å²) in [7, 11) is 0. The number of aromatic nitrogens is 2. The molecule has 1 heterocycles. The van der Waals surface area contributed by atoms with Crippen LogP contribution in [0.15, 0.2) is 17.0 Å². The van der Waals surface area contributed by atoms with Gasteiger partial charge in [-0.05, 0) is 27.5 Å². The second-order valence-corrected chi connectivity index (χ2v) is 2.65. The lowest BCUT2D eigenvalue weighted by Gasteiger charge is -1.89. The summed E-state index contributed by atoms with van der Waals surface area (Å²) in [5.74, 6) is 0. The van der Waals surface area contributed by atoms with Crippen molar-refractivity contribution in [3.8, 4) is 0 Å². The third-order valence-electron chi connectivity index (χ3n) is 0.822. The molecule has 0 bridgehead atoms. The van der Waals surface area contributed by atoms with Crippen molar-refractivity contribution in [1.82, 2.24) is 9.97 Å². The van der Waals surface area contributed by atoms with Crippen molar-refractivity contribution in [3.63, 3.8) is 0 Å². The Morgan fingerprint density at radius 2 is 2.20 bits per heavy atom. The summed E-state index contributed by atoms with van der Waals surface area (Å²) in [4.78, 5) is 17.8. The van der Waals surface area contributed by atoms with Crippen molar-refractivity contribution in [2.45, 2.75) is 0 Å². The Morgan fingerprint density at radius 3 is 2.60 bits per heavy atom. The zero-order valence-corrected chi connectivity index (χ0v) is 7.06. The third-order valence-corrected chi connectivity index (χ3v) is 1.42. The van der Waals surface area contributed by atoms with Gasteiger partial charge >= 0.3 is 0 Å². The van der Waals surface area contributed by atoms with Crippen LogP contribution in [0.2, 0.25) is 0 Å². The lowest BCUT2D eigenvalue weighted by atomic mass is 10.5. The average Bonchev–Trinajstić information content (AvgIpc) is 1.88. The number of nitrogens with zero attached hydrogens (tertiary/aromatic N) is 2. The molecule has 52 valence electrons. The van der Waals surface area contributed by atoms with E-state index in [0.717, 1.165) is 0 Å². The number of carbonyl (C=O) groups is 1. The van der Waals surface area contributed by atoms with Gasteiger partial charge in [-0.1, -0.05) is 0 Å². The minimum atomic E-state index is -0.597. The fourth-order valence-electron chi connectivity index (χ4n) is 0.414. The Labute approximate surface area is 70.6 Å². The third kappa shape index (κ3) is 1.75. The molecule has 1 rings (SSSR count). The van der Waals surface area contributed by atoms with Gasteiger partial charge in [0, 0.05) is 0 Å². The Morgan fingerprint density at radius 1 is 1.50 bits per heavy atom. The topological polar surface area (TPSA) is 42.9 Å². The largest absolute Gasteiger partial charge is 0.274 e. The molecule has 0 aromatic carbocycles. The summed E-state index contributed by atoms with van der Waals surface area (Å²) in [6, 6.07) is 0. The molecule has 0 saturated carbocycles. The zero-order chi connectivity index (χ0) is 7.56. The maximum atomic E-state index is 10.4. The molecular formula is C5H2BrClN2O. The maximum absolute atomic E-state index is 10.4. The summed E-state index contributed by atoms with van der Waals surface area (Å²) < 4.78 is 0.578. The molecule has 0 amide bonds. The van der Waals surface area contributed by atoms with Gasteiger partial charge in [-0.25, -0.2) is 9.97 Å². The first-order valence-corrected chi connectivity index (χ1v) is 3.54. The number of rotatable bonds is 1. The zero-order valence-electron chi connectivity index (χ0n) is 4.71. The molecule has 0 atom stereocenters. The van der Waals surface area contributed by atoms with Crippen molar-refractivity contribution >= 4 is 32.8 Å². The van der Waals surface area contributed by atoms with Gasteiger partial charge in [-0.3, -0.25) is 4.79 Å². The van der Waals surface area contributed by atoms with Gasteiger partial charge in [-0.2, -0.15) is 0 Å². The number of halogens is 2. The van der Waals surface area contributed by atoms with Gasteiger partial charge < -0.3 is 0 Å². The highest BCUT2D eigenvalue weighted by molar-refractivity contribution is 9.10. The van der Waals surface area contributed by atoms with Gasteiger partial charge in [0.2, 0.25) is 0 Å². The van der Waals surface area contributed by atoms with E-state index in [1.54, 1.807) is 0 Å². The molecule has 1 aromatic rings. The van der Waals surface area contributed by atoms with Gasteiger partial charge in [0.15, 0.2) is 0 Å². The van der Waals surface area contributed by atoms with Crippen molar-refractivity contribution in [3.05, 3.63) is 22.7 Å². The molecule has 0 saturated heterocycles. The molecule has 10 heavy (non-hydrogen) atoms. The van der Waals surface area contributed by atoms with Crippen LogP contribution in [0.3, 0.4) is 0 Å². The van der Waals surface area contributed by atoms with Crippen molar-refractivity contribution in [2.24, 2.45) is 0 Å². The lowest BCUT2D eigenvalue weighted by Crippen LogP contribution is -1.93. The van der Waals surface area contributed by atoms with Crippen molar-refractivity contribution in [1.29, 1.82) is 0 Å². The van der Waals surface area contributed by atoms with Crippen LogP contribution in [0.4, 0.5) is 0 Å². The summed E-state index contributed by atoms with van der Waals surface area (Å²) in [5.41, 5.74) is 0.157. The first-order chi connectivity index (χ1) is 4.70. The Hall–Kier alpha value is -0.480. The molecule has 0 radical (unpaired) electrons. The van der Waals surface area contributed by atoms with E-state index in [4.69, 9.17) is 11.6 Å². The fourth-order valence-corrected chi connectivity index (χ4v) is 0.716. The minimum absolute atomic E-state index is 0.157. The molecule has 0 aliphatic rings. The van der Waals surface area contributed by atoms with Crippen molar-refractivity contribution < 1.29 is 4.79 Å². The van der Waals surface area contributed by atoms with E-state index in [1.807, 2.05) is 0 Å². The molecule has 0 N–H and O–H groups in total. The van der Waals surface area contributed by atoms with Gasteiger partial charge in [0.1, 0.15) is 10.3 Å². The van der Waals surface area contributed by atoms with E-state index in [2.05, 4.69) is 25.9 Å². The molecule has 3 nitrogen and oxygen atoms in total. The molecule has 0 fully saturated rings. The van der Waals surface area contributed by atoms with Gasteiger partial charge in [-0.15, -0.1) is 0 Å². The van der Waals surface area contributed by atoms with Crippen LogP contribution in [-0.4, -0.2) is 15.2 Å². The highest BCUT2D eigenvalue weighted by Crippen LogP contribution is 2.03. The summed E-state index contributed by atoms with van der Waals surface area (Å²) in [6.45, 7) is 0. The van der Waals surface area contributed by atoms with Crippen LogP contribution < -0.4 is 0 Å². The Bertz CT molecular complexity index is 248. The van der Waals surface area contributed by atoms with E-state index in [-0.39, 0.29) is 5.69 Å². The molecule has 0 spiro atoms. The van der Waals surface area contributed by atoms with Crippen LogP contribution >= 0.6 is 27.5 Å². The van der Waals surface area contributed by atoms with E-state index in [1.165, 1.54) is 12.4 Å². The quantitative estimate of drug-likeness (QED) is 0.677. The first kappa shape index (κ1) is 7.63. The SMILES string of the molecule is O=C(Cl)c1cnc(Br)cn1. The van der Waals surface area contributed by atoms with Crippen LogP contribution in [0.25, 0.3) is 0 Å². The summed E-state index contributed by atoms with van der Waals surface area (Å²) >= 11 is 8.17. The molecular weight excluding hydrogens is 219 g/mol. The van der Waals surface area contributed by atoms with E-state index in [9.17, 15) is 4.79 Å². The van der Waals surface area contributed by atoms with Gasteiger partial charge in [0.05, 0.1) is 12.4 Å². The number of carbonyl (C=O) groups excluding carboxylic acids is 1. The second kappa shape index (κ2) is 3.07. The Balaban J connectivity index is 3.00. The number of hydrogen-bond acceptors (Lipinski definition) is 3.